The standard InChI is InChI=1S/C15H23FN2O/c1-10(2)9-17-15(19)12(4)18-11(3)13-7-5-6-8-14(13)16/h5-8,10-12,18H,9H2,1-4H3,(H,17,19)/t11-,12?/m1/s1. The molecule has 0 aliphatic carbocycles. The van der Waals surface area contributed by atoms with E-state index >= 15 is 0 Å². The first-order valence-corrected chi connectivity index (χ1v) is 6.70. The number of rotatable bonds is 6. The molecule has 0 aromatic heterocycles. The lowest BCUT2D eigenvalue weighted by molar-refractivity contribution is -0.123. The van der Waals surface area contributed by atoms with Crippen LogP contribution in [0.5, 0.6) is 0 Å². The van der Waals surface area contributed by atoms with E-state index in [9.17, 15) is 9.18 Å². The van der Waals surface area contributed by atoms with Crippen molar-refractivity contribution in [3.05, 3.63) is 35.6 Å². The van der Waals surface area contributed by atoms with Crippen LogP contribution in [0.25, 0.3) is 0 Å². The van der Waals surface area contributed by atoms with Crippen molar-refractivity contribution in [3.8, 4) is 0 Å². The zero-order valence-electron chi connectivity index (χ0n) is 12.0. The fourth-order valence-corrected chi connectivity index (χ4v) is 1.82. The largest absolute Gasteiger partial charge is 0.354 e. The molecule has 3 nitrogen and oxygen atoms in total. The molecule has 0 fully saturated rings. The van der Waals surface area contributed by atoms with Gasteiger partial charge in [-0.25, -0.2) is 4.39 Å². The molecule has 1 amide bonds. The SMILES string of the molecule is CC(C)CNC(=O)C(C)N[C@H](C)c1ccccc1F. The van der Waals surface area contributed by atoms with Crippen molar-refractivity contribution in [2.75, 3.05) is 6.54 Å². The van der Waals surface area contributed by atoms with Crippen molar-refractivity contribution < 1.29 is 9.18 Å². The van der Waals surface area contributed by atoms with Crippen LogP contribution in [-0.4, -0.2) is 18.5 Å². The first-order chi connectivity index (χ1) is 8.91. The highest BCUT2D eigenvalue weighted by Gasteiger charge is 2.17. The normalized spacial score (nSPS) is 14.2. The van der Waals surface area contributed by atoms with Gasteiger partial charge in [-0.2, -0.15) is 0 Å². The molecule has 4 heteroatoms. The summed E-state index contributed by atoms with van der Waals surface area (Å²) in [6.45, 7) is 8.37. The Morgan fingerprint density at radius 3 is 2.42 bits per heavy atom. The van der Waals surface area contributed by atoms with Crippen molar-refractivity contribution in [2.45, 2.75) is 39.8 Å². The molecule has 1 unspecified atom stereocenters. The Bertz CT molecular complexity index is 420. The van der Waals surface area contributed by atoms with E-state index in [0.29, 0.717) is 18.0 Å². The minimum Gasteiger partial charge on any atom is -0.354 e. The maximum Gasteiger partial charge on any atom is 0.236 e. The second-order valence-electron chi connectivity index (χ2n) is 5.27. The third-order valence-corrected chi connectivity index (χ3v) is 2.95. The van der Waals surface area contributed by atoms with E-state index < -0.39 is 0 Å². The Hall–Kier alpha value is -1.42. The summed E-state index contributed by atoms with van der Waals surface area (Å²) in [5.41, 5.74) is 0.575. The molecular weight excluding hydrogens is 243 g/mol. The van der Waals surface area contributed by atoms with E-state index in [1.165, 1.54) is 6.07 Å². The third kappa shape index (κ3) is 4.99. The molecule has 0 aliphatic heterocycles. The molecule has 0 saturated carbocycles. The number of amides is 1. The van der Waals surface area contributed by atoms with Crippen LogP contribution in [0.1, 0.15) is 39.3 Å². The summed E-state index contributed by atoms with van der Waals surface area (Å²) in [5.74, 6) is 0.106. The second-order valence-corrected chi connectivity index (χ2v) is 5.27. The molecule has 0 spiro atoms. The summed E-state index contributed by atoms with van der Waals surface area (Å²) in [6, 6.07) is 6.04. The smallest absolute Gasteiger partial charge is 0.236 e. The van der Waals surface area contributed by atoms with Gasteiger partial charge in [-0.3, -0.25) is 10.1 Å². The Labute approximate surface area is 114 Å². The molecular formula is C15H23FN2O. The number of carbonyl (C=O) groups excluding carboxylic acids is 1. The van der Waals surface area contributed by atoms with Crippen LogP contribution in [0.15, 0.2) is 24.3 Å². The van der Waals surface area contributed by atoms with Crippen molar-refractivity contribution in [1.29, 1.82) is 0 Å². The van der Waals surface area contributed by atoms with Gasteiger partial charge < -0.3 is 5.32 Å². The molecule has 0 aliphatic rings. The van der Waals surface area contributed by atoms with Gasteiger partial charge in [0.2, 0.25) is 5.91 Å². The molecule has 0 heterocycles. The predicted molar refractivity (Wildman–Crippen MR) is 75.3 cm³/mol. The summed E-state index contributed by atoms with van der Waals surface area (Å²) in [7, 11) is 0. The lowest BCUT2D eigenvalue weighted by Gasteiger charge is -2.20. The maximum absolute atomic E-state index is 13.6. The summed E-state index contributed by atoms with van der Waals surface area (Å²) in [5, 5.41) is 5.97. The molecule has 19 heavy (non-hydrogen) atoms. The first kappa shape index (κ1) is 15.6. The quantitative estimate of drug-likeness (QED) is 0.831. The van der Waals surface area contributed by atoms with E-state index in [1.54, 1.807) is 25.1 Å². The minimum absolute atomic E-state index is 0.0584. The summed E-state index contributed by atoms with van der Waals surface area (Å²) >= 11 is 0. The molecule has 1 aromatic carbocycles. The van der Waals surface area contributed by atoms with Gasteiger partial charge in [0, 0.05) is 18.2 Å². The van der Waals surface area contributed by atoms with Crippen molar-refractivity contribution in [3.63, 3.8) is 0 Å². The number of halogens is 1. The molecule has 0 bridgehead atoms. The van der Waals surface area contributed by atoms with Gasteiger partial charge in [0.25, 0.3) is 0 Å². The Morgan fingerprint density at radius 1 is 1.21 bits per heavy atom. The average Bonchev–Trinajstić information content (AvgIpc) is 2.36. The van der Waals surface area contributed by atoms with Crippen molar-refractivity contribution in [2.24, 2.45) is 5.92 Å². The van der Waals surface area contributed by atoms with Gasteiger partial charge in [-0.05, 0) is 25.8 Å². The lowest BCUT2D eigenvalue weighted by atomic mass is 10.1. The minimum atomic E-state index is -0.353. The van der Waals surface area contributed by atoms with Crippen molar-refractivity contribution >= 4 is 5.91 Å². The second kappa shape index (κ2) is 7.24. The van der Waals surface area contributed by atoms with E-state index in [1.807, 2.05) is 20.8 Å². The van der Waals surface area contributed by atoms with Crippen LogP contribution in [0.4, 0.5) is 4.39 Å². The highest BCUT2D eigenvalue weighted by atomic mass is 19.1. The summed E-state index contributed by atoms with van der Waals surface area (Å²) in [6.07, 6.45) is 0. The van der Waals surface area contributed by atoms with E-state index in [2.05, 4.69) is 10.6 Å². The van der Waals surface area contributed by atoms with Gasteiger partial charge in [-0.15, -0.1) is 0 Å². The number of nitrogens with one attached hydrogen (secondary N) is 2. The zero-order chi connectivity index (χ0) is 14.4. The molecule has 1 rings (SSSR count). The molecule has 0 radical (unpaired) electrons. The highest BCUT2D eigenvalue weighted by molar-refractivity contribution is 5.81. The van der Waals surface area contributed by atoms with Crippen LogP contribution < -0.4 is 10.6 Å². The fraction of sp³-hybridized carbons (Fsp3) is 0.533. The van der Waals surface area contributed by atoms with Gasteiger partial charge in [0.1, 0.15) is 5.82 Å². The first-order valence-electron chi connectivity index (χ1n) is 6.70. The van der Waals surface area contributed by atoms with Gasteiger partial charge in [0.05, 0.1) is 6.04 Å². The third-order valence-electron chi connectivity index (χ3n) is 2.95. The number of benzene rings is 1. The lowest BCUT2D eigenvalue weighted by Crippen LogP contribution is -2.44. The maximum atomic E-state index is 13.6. The van der Waals surface area contributed by atoms with E-state index in [-0.39, 0.29) is 23.8 Å². The molecule has 1 aromatic rings. The topological polar surface area (TPSA) is 41.1 Å². The van der Waals surface area contributed by atoms with Crippen LogP contribution in [0.2, 0.25) is 0 Å². The average molecular weight is 266 g/mol. The monoisotopic (exact) mass is 266 g/mol. The Morgan fingerprint density at radius 2 is 1.84 bits per heavy atom. The zero-order valence-corrected chi connectivity index (χ0v) is 12.0. The summed E-state index contributed by atoms with van der Waals surface area (Å²) in [4.78, 5) is 11.8. The van der Waals surface area contributed by atoms with Crippen molar-refractivity contribution in [1.82, 2.24) is 10.6 Å². The number of hydrogen-bond donors (Lipinski definition) is 2. The Balaban J connectivity index is 2.54. The van der Waals surface area contributed by atoms with Gasteiger partial charge in [0.15, 0.2) is 0 Å². The van der Waals surface area contributed by atoms with Crippen LogP contribution in [0, 0.1) is 11.7 Å². The van der Waals surface area contributed by atoms with Crippen LogP contribution in [-0.2, 0) is 4.79 Å². The predicted octanol–water partition coefficient (Wildman–Crippen LogP) is 2.64. The van der Waals surface area contributed by atoms with E-state index in [0.717, 1.165) is 0 Å². The molecule has 106 valence electrons. The highest BCUT2D eigenvalue weighted by Crippen LogP contribution is 2.16. The summed E-state index contributed by atoms with van der Waals surface area (Å²) < 4.78 is 13.6. The Kier molecular flexibility index (Phi) is 5.96. The van der Waals surface area contributed by atoms with Crippen LogP contribution >= 0.6 is 0 Å². The van der Waals surface area contributed by atoms with Crippen LogP contribution in [0.3, 0.4) is 0 Å². The fourth-order valence-electron chi connectivity index (χ4n) is 1.82. The number of hydrogen-bond acceptors (Lipinski definition) is 2. The van der Waals surface area contributed by atoms with E-state index in [4.69, 9.17) is 0 Å². The molecule has 2 atom stereocenters. The molecule has 0 saturated heterocycles. The molecule has 2 N–H and O–H groups in total. The van der Waals surface area contributed by atoms with Gasteiger partial charge in [-0.1, -0.05) is 32.0 Å². The van der Waals surface area contributed by atoms with Gasteiger partial charge >= 0.3 is 0 Å². The number of carbonyl (C=O) groups is 1.